The first-order valence-corrected chi connectivity index (χ1v) is 6.19. The van der Waals surface area contributed by atoms with Crippen molar-refractivity contribution in [3.05, 3.63) is 35.4 Å². The maximum Gasteiger partial charge on any atom is 0.157 e. The Bertz CT molecular complexity index is 448. The molecular weight excluding hydrogens is 218 g/mol. The van der Waals surface area contributed by atoms with Gasteiger partial charge in [-0.3, -0.25) is 4.99 Å². The fourth-order valence-corrected chi connectivity index (χ4v) is 2.42. The molecule has 1 aliphatic heterocycles. The highest BCUT2D eigenvalue weighted by molar-refractivity contribution is 8.14. The molecule has 1 N–H and O–H groups in total. The molecule has 1 unspecified atom stereocenters. The molecule has 1 saturated heterocycles. The molecule has 1 aromatic rings. The van der Waals surface area contributed by atoms with Gasteiger partial charge < -0.3 is 5.32 Å². The highest BCUT2D eigenvalue weighted by Crippen LogP contribution is 2.14. The summed E-state index contributed by atoms with van der Waals surface area (Å²) in [5, 5.41) is 13.1. The van der Waals surface area contributed by atoms with Crippen molar-refractivity contribution < 1.29 is 0 Å². The number of hydrogen-bond donors (Lipinski definition) is 1. The van der Waals surface area contributed by atoms with Crippen LogP contribution in [0, 0.1) is 11.3 Å². The first-order chi connectivity index (χ1) is 7.78. The quantitative estimate of drug-likeness (QED) is 0.848. The van der Waals surface area contributed by atoms with Crippen molar-refractivity contribution in [2.45, 2.75) is 19.5 Å². The Balaban J connectivity index is 2.02. The molecule has 1 atom stereocenters. The van der Waals surface area contributed by atoms with Crippen LogP contribution in [0.2, 0.25) is 0 Å². The number of hydrogen-bond acceptors (Lipinski definition) is 3. The summed E-state index contributed by atoms with van der Waals surface area (Å²) in [7, 11) is 0. The zero-order valence-corrected chi connectivity index (χ0v) is 9.92. The second kappa shape index (κ2) is 5.04. The van der Waals surface area contributed by atoms with Gasteiger partial charge in [0.05, 0.1) is 18.2 Å². The fourth-order valence-electron chi connectivity index (χ4n) is 1.49. The summed E-state index contributed by atoms with van der Waals surface area (Å²) < 4.78 is 0. The molecule has 1 aromatic carbocycles. The molecule has 3 nitrogen and oxygen atoms in total. The van der Waals surface area contributed by atoms with Crippen LogP contribution in [-0.4, -0.2) is 17.0 Å². The molecule has 0 aliphatic carbocycles. The third-order valence-electron chi connectivity index (χ3n) is 2.30. The smallest absolute Gasteiger partial charge is 0.157 e. The first kappa shape index (κ1) is 11.0. The van der Waals surface area contributed by atoms with E-state index in [9.17, 15) is 0 Å². The predicted octanol–water partition coefficient (Wildman–Crippen LogP) is 2.14. The number of nitrogens with one attached hydrogen (secondary N) is 1. The van der Waals surface area contributed by atoms with Crippen molar-refractivity contribution in [1.29, 1.82) is 5.26 Å². The van der Waals surface area contributed by atoms with Gasteiger partial charge in [0.1, 0.15) is 0 Å². The second-order valence-electron chi connectivity index (χ2n) is 3.79. The molecule has 0 bridgehead atoms. The molecule has 0 radical (unpaired) electrons. The Morgan fingerprint density at radius 1 is 1.62 bits per heavy atom. The van der Waals surface area contributed by atoms with E-state index in [1.54, 1.807) is 17.8 Å². The standard InChI is InChI=1S/C12H13N3S/c1-9-8-16-12(15-9)14-7-11-4-2-3-10(5-11)6-13/h2-5,9H,7-8H2,1H3,(H,14,15). The molecule has 82 valence electrons. The maximum absolute atomic E-state index is 8.77. The number of nitriles is 1. The lowest BCUT2D eigenvalue weighted by molar-refractivity contribution is 0.764. The van der Waals surface area contributed by atoms with Crippen LogP contribution in [-0.2, 0) is 6.54 Å². The van der Waals surface area contributed by atoms with E-state index in [0.717, 1.165) is 16.5 Å². The first-order valence-electron chi connectivity index (χ1n) is 5.21. The fraction of sp³-hybridized carbons (Fsp3) is 0.333. The Kier molecular flexibility index (Phi) is 3.47. The summed E-state index contributed by atoms with van der Waals surface area (Å²) in [5.41, 5.74) is 1.77. The van der Waals surface area contributed by atoms with Crippen LogP contribution in [0.15, 0.2) is 29.3 Å². The molecule has 1 fully saturated rings. The maximum atomic E-state index is 8.77. The topological polar surface area (TPSA) is 48.2 Å². The summed E-state index contributed by atoms with van der Waals surface area (Å²) in [6.45, 7) is 2.78. The van der Waals surface area contributed by atoms with Crippen molar-refractivity contribution in [3.8, 4) is 6.07 Å². The minimum atomic E-state index is 0.509. The van der Waals surface area contributed by atoms with Gasteiger partial charge in [-0.2, -0.15) is 5.26 Å². The van der Waals surface area contributed by atoms with E-state index in [2.05, 4.69) is 23.3 Å². The molecule has 16 heavy (non-hydrogen) atoms. The van der Waals surface area contributed by atoms with Crippen molar-refractivity contribution in [3.63, 3.8) is 0 Å². The molecule has 0 saturated carbocycles. The number of amidine groups is 1. The van der Waals surface area contributed by atoms with Gasteiger partial charge in [-0.1, -0.05) is 23.9 Å². The average Bonchev–Trinajstić information content (AvgIpc) is 2.73. The third kappa shape index (κ3) is 2.77. The molecule has 1 heterocycles. The minimum absolute atomic E-state index is 0.509. The van der Waals surface area contributed by atoms with E-state index in [0.29, 0.717) is 18.2 Å². The molecule has 4 heteroatoms. The van der Waals surface area contributed by atoms with Gasteiger partial charge in [0.25, 0.3) is 0 Å². The van der Waals surface area contributed by atoms with Crippen LogP contribution in [0.4, 0.5) is 0 Å². The number of aliphatic imine (C=N–C) groups is 1. The lowest BCUT2D eigenvalue weighted by Gasteiger charge is -2.01. The number of benzene rings is 1. The summed E-state index contributed by atoms with van der Waals surface area (Å²) in [6.07, 6.45) is 0. The highest BCUT2D eigenvalue weighted by atomic mass is 32.2. The summed E-state index contributed by atoms with van der Waals surface area (Å²) in [4.78, 5) is 4.48. The SMILES string of the molecule is CC1CSC(=NCc2cccc(C#N)c2)N1. The monoisotopic (exact) mass is 231 g/mol. The van der Waals surface area contributed by atoms with Crippen LogP contribution < -0.4 is 5.32 Å². The number of rotatable bonds is 2. The van der Waals surface area contributed by atoms with E-state index in [1.807, 2.05) is 18.2 Å². The van der Waals surface area contributed by atoms with Gasteiger partial charge in [-0.05, 0) is 24.6 Å². The van der Waals surface area contributed by atoms with Crippen LogP contribution in [0.3, 0.4) is 0 Å². The molecule has 0 amide bonds. The number of thioether (sulfide) groups is 1. The van der Waals surface area contributed by atoms with E-state index >= 15 is 0 Å². The molecule has 0 aromatic heterocycles. The normalized spacial score (nSPS) is 21.8. The van der Waals surface area contributed by atoms with Crippen LogP contribution in [0.1, 0.15) is 18.1 Å². The molecular formula is C12H13N3S. The van der Waals surface area contributed by atoms with Gasteiger partial charge >= 0.3 is 0 Å². The van der Waals surface area contributed by atoms with E-state index in [-0.39, 0.29) is 0 Å². The summed E-state index contributed by atoms with van der Waals surface area (Å²) in [5.74, 6) is 1.08. The largest absolute Gasteiger partial charge is 0.362 e. The minimum Gasteiger partial charge on any atom is -0.362 e. The van der Waals surface area contributed by atoms with Crippen molar-refractivity contribution in [2.75, 3.05) is 5.75 Å². The molecule has 0 spiro atoms. The van der Waals surface area contributed by atoms with E-state index in [1.165, 1.54) is 0 Å². The van der Waals surface area contributed by atoms with Crippen LogP contribution in [0.25, 0.3) is 0 Å². The molecule has 2 rings (SSSR count). The van der Waals surface area contributed by atoms with Gasteiger partial charge in [0.2, 0.25) is 0 Å². The van der Waals surface area contributed by atoms with Crippen molar-refractivity contribution >= 4 is 16.9 Å². The van der Waals surface area contributed by atoms with Crippen molar-refractivity contribution in [1.82, 2.24) is 5.32 Å². The van der Waals surface area contributed by atoms with Crippen LogP contribution in [0.5, 0.6) is 0 Å². The zero-order valence-electron chi connectivity index (χ0n) is 9.10. The second-order valence-corrected chi connectivity index (χ2v) is 4.80. The van der Waals surface area contributed by atoms with Gasteiger partial charge in [-0.15, -0.1) is 0 Å². The van der Waals surface area contributed by atoms with Crippen LogP contribution >= 0.6 is 11.8 Å². The molecule has 1 aliphatic rings. The zero-order chi connectivity index (χ0) is 11.4. The van der Waals surface area contributed by atoms with Crippen molar-refractivity contribution in [2.24, 2.45) is 4.99 Å². The Morgan fingerprint density at radius 2 is 2.50 bits per heavy atom. The predicted molar refractivity (Wildman–Crippen MR) is 67.4 cm³/mol. The lowest BCUT2D eigenvalue weighted by Crippen LogP contribution is -2.23. The summed E-state index contributed by atoms with van der Waals surface area (Å²) in [6, 6.07) is 10.2. The Labute approximate surface area is 99.6 Å². The lowest BCUT2D eigenvalue weighted by atomic mass is 10.1. The van der Waals surface area contributed by atoms with Gasteiger partial charge in [-0.25, -0.2) is 0 Å². The highest BCUT2D eigenvalue weighted by Gasteiger charge is 2.14. The average molecular weight is 231 g/mol. The third-order valence-corrected chi connectivity index (χ3v) is 3.49. The Morgan fingerprint density at radius 3 is 3.19 bits per heavy atom. The Hall–Kier alpha value is -1.47. The van der Waals surface area contributed by atoms with Gasteiger partial charge in [0, 0.05) is 11.8 Å². The van der Waals surface area contributed by atoms with Gasteiger partial charge in [0.15, 0.2) is 5.17 Å². The van der Waals surface area contributed by atoms with E-state index in [4.69, 9.17) is 5.26 Å². The summed E-state index contributed by atoms with van der Waals surface area (Å²) >= 11 is 1.75. The number of nitrogens with zero attached hydrogens (tertiary/aromatic N) is 2. The van der Waals surface area contributed by atoms with E-state index < -0.39 is 0 Å².